The number of piperidine rings is 1. The second-order valence-corrected chi connectivity index (χ2v) is 5.82. The molecule has 1 aliphatic heterocycles. The number of anilines is 1. The molecular weight excluding hydrogens is 244 g/mol. The van der Waals surface area contributed by atoms with Gasteiger partial charge in [0.15, 0.2) is 0 Å². The molecule has 1 atom stereocenters. The van der Waals surface area contributed by atoms with Gasteiger partial charge < -0.3 is 10.6 Å². The Morgan fingerprint density at radius 3 is 2.83 bits per heavy atom. The second kappa shape index (κ2) is 6.81. The minimum atomic E-state index is -0.0244. The van der Waals surface area contributed by atoms with E-state index in [1.54, 1.807) is 0 Å². The third kappa shape index (κ3) is 4.35. The lowest BCUT2D eigenvalue weighted by molar-refractivity contribution is -0.114. The van der Waals surface area contributed by atoms with Crippen molar-refractivity contribution < 1.29 is 4.79 Å². The lowest BCUT2D eigenvalue weighted by atomic mass is 10.0. The van der Waals surface area contributed by atoms with Crippen LogP contribution in [0.25, 0.3) is 0 Å². The molecule has 1 heterocycles. The Hall–Kier alpha value is -1.00. The van der Waals surface area contributed by atoms with E-state index in [9.17, 15) is 4.79 Å². The van der Waals surface area contributed by atoms with Gasteiger partial charge in [0.25, 0.3) is 0 Å². The van der Waals surface area contributed by atoms with Gasteiger partial charge in [0.1, 0.15) is 0 Å². The lowest BCUT2D eigenvalue weighted by Crippen LogP contribution is -2.30. The van der Waals surface area contributed by atoms with E-state index in [1.807, 2.05) is 23.9 Å². The molecule has 3 nitrogen and oxygen atoms in total. The Balaban J connectivity index is 1.80. The van der Waals surface area contributed by atoms with Crippen LogP contribution >= 0.6 is 11.8 Å². The largest absolute Gasteiger partial charge is 0.326 e. The summed E-state index contributed by atoms with van der Waals surface area (Å²) in [7, 11) is 0. The first-order valence-electron chi connectivity index (χ1n) is 6.45. The van der Waals surface area contributed by atoms with Gasteiger partial charge in [-0.15, -0.1) is 11.8 Å². The van der Waals surface area contributed by atoms with Crippen LogP contribution in [-0.2, 0) is 4.79 Å². The zero-order chi connectivity index (χ0) is 12.8. The Bertz CT molecular complexity index is 385. The summed E-state index contributed by atoms with van der Waals surface area (Å²) in [4.78, 5) is 12.2. The first-order chi connectivity index (χ1) is 8.74. The summed E-state index contributed by atoms with van der Waals surface area (Å²) >= 11 is 1.90. The van der Waals surface area contributed by atoms with Crippen molar-refractivity contribution in [2.45, 2.75) is 24.7 Å². The number of rotatable bonds is 4. The maximum Gasteiger partial charge on any atom is 0.221 e. The molecule has 1 aromatic rings. The van der Waals surface area contributed by atoms with Gasteiger partial charge in [0.2, 0.25) is 5.91 Å². The summed E-state index contributed by atoms with van der Waals surface area (Å²) in [6, 6.07) is 8.07. The van der Waals surface area contributed by atoms with Crippen LogP contribution < -0.4 is 10.6 Å². The standard InChI is InChI=1S/C14H20N2OS/c1-11(17)16-13-4-6-14(7-5-13)18-10-12-3-2-8-15-9-12/h4-7,12,15H,2-3,8-10H2,1H3,(H,16,17). The minimum absolute atomic E-state index is 0.0244. The summed E-state index contributed by atoms with van der Waals surface area (Å²) in [6.07, 6.45) is 2.64. The molecule has 1 aromatic carbocycles. The summed E-state index contributed by atoms with van der Waals surface area (Å²) < 4.78 is 0. The lowest BCUT2D eigenvalue weighted by Gasteiger charge is -2.22. The highest BCUT2D eigenvalue weighted by molar-refractivity contribution is 7.99. The van der Waals surface area contributed by atoms with Gasteiger partial charge >= 0.3 is 0 Å². The number of hydrogen-bond donors (Lipinski definition) is 2. The first-order valence-corrected chi connectivity index (χ1v) is 7.44. The topological polar surface area (TPSA) is 41.1 Å². The molecule has 1 aliphatic rings. The number of carbonyl (C=O) groups excluding carboxylic acids is 1. The molecule has 2 N–H and O–H groups in total. The summed E-state index contributed by atoms with van der Waals surface area (Å²) in [5, 5.41) is 6.22. The Labute approximate surface area is 113 Å². The van der Waals surface area contributed by atoms with Crippen LogP contribution in [-0.4, -0.2) is 24.7 Å². The zero-order valence-electron chi connectivity index (χ0n) is 10.7. The van der Waals surface area contributed by atoms with Crippen LogP contribution in [0.2, 0.25) is 0 Å². The number of amides is 1. The molecule has 0 aliphatic carbocycles. The van der Waals surface area contributed by atoms with Crippen LogP contribution in [0.15, 0.2) is 29.2 Å². The molecule has 1 fully saturated rings. The third-order valence-electron chi connectivity index (χ3n) is 3.06. The Morgan fingerprint density at radius 1 is 1.44 bits per heavy atom. The maximum atomic E-state index is 10.9. The van der Waals surface area contributed by atoms with Crippen molar-refractivity contribution in [2.75, 3.05) is 24.2 Å². The van der Waals surface area contributed by atoms with Crippen LogP contribution in [0.3, 0.4) is 0 Å². The normalized spacial score (nSPS) is 19.5. The zero-order valence-corrected chi connectivity index (χ0v) is 11.6. The predicted molar refractivity (Wildman–Crippen MR) is 77.1 cm³/mol. The summed E-state index contributed by atoms with van der Waals surface area (Å²) in [5.74, 6) is 1.94. The summed E-state index contributed by atoms with van der Waals surface area (Å²) in [6.45, 7) is 3.85. The molecule has 1 amide bonds. The van der Waals surface area contributed by atoms with Crippen molar-refractivity contribution in [3.05, 3.63) is 24.3 Å². The quantitative estimate of drug-likeness (QED) is 0.822. The van der Waals surface area contributed by atoms with Gasteiger partial charge in [-0.05, 0) is 56.1 Å². The third-order valence-corrected chi connectivity index (χ3v) is 4.30. The van der Waals surface area contributed by atoms with Crippen molar-refractivity contribution in [3.63, 3.8) is 0 Å². The van der Waals surface area contributed by atoms with Crippen molar-refractivity contribution >= 4 is 23.4 Å². The van der Waals surface area contributed by atoms with Gasteiger partial charge in [-0.2, -0.15) is 0 Å². The fraction of sp³-hybridized carbons (Fsp3) is 0.500. The number of thioether (sulfide) groups is 1. The van der Waals surface area contributed by atoms with E-state index in [0.717, 1.165) is 18.2 Å². The SMILES string of the molecule is CC(=O)Nc1ccc(SCC2CCCNC2)cc1. The molecule has 0 saturated carbocycles. The van der Waals surface area contributed by atoms with Gasteiger partial charge in [-0.3, -0.25) is 4.79 Å². The van der Waals surface area contributed by atoms with E-state index in [1.165, 1.54) is 37.0 Å². The van der Waals surface area contributed by atoms with Gasteiger partial charge in [0.05, 0.1) is 0 Å². The second-order valence-electron chi connectivity index (χ2n) is 4.73. The fourth-order valence-electron chi connectivity index (χ4n) is 2.12. The smallest absolute Gasteiger partial charge is 0.221 e. The van der Waals surface area contributed by atoms with Crippen LogP contribution in [0.4, 0.5) is 5.69 Å². The minimum Gasteiger partial charge on any atom is -0.326 e. The highest BCUT2D eigenvalue weighted by Crippen LogP contribution is 2.24. The number of hydrogen-bond acceptors (Lipinski definition) is 3. The maximum absolute atomic E-state index is 10.9. The van der Waals surface area contributed by atoms with Crippen molar-refractivity contribution in [2.24, 2.45) is 5.92 Å². The molecule has 0 radical (unpaired) electrons. The van der Waals surface area contributed by atoms with Gasteiger partial charge in [-0.25, -0.2) is 0 Å². The molecule has 4 heteroatoms. The number of carbonyl (C=O) groups is 1. The first kappa shape index (κ1) is 13.4. The average molecular weight is 264 g/mol. The molecule has 1 unspecified atom stereocenters. The molecule has 0 spiro atoms. The highest BCUT2D eigenvalue weighted by atomic mass is 32.2. The molecule has 98 valence electrons. The number of benzene rings is 1. The predicted octanol–water partition coefficient (Wildman–Crippen LogP) is 2.74. The van der Waals surface area contributed by atoms with E-state index in [0.29, 0.717) is 0 Å². The van der Waals surface area contributed by atoms with E-state index < -0.39 is 0 Å². The van der Waals surface area contributed by atoms with Crippen molar-refractivity contribution in [1.82, 2.24) is 5.32 Å². The van der Waals surface area contributed by atoms with E-state index >= 15 is 0 Å². The van der Waals surface area contributed by atoms with Crippen molar-refractivity contribution in [3.8, 4) is 0 Å². The molecule has 0 bridgehead atoms. The van der Waals surface area contributed by atoms with E-state index in [2.05, 4.69) is 22.8 Å². The van der Waals surface area contributed by atoms with E-state index in [-0.39, 0.29) is 5.91 Å². The van der Waals surface area contributed by atoms with Crippen molar-refractivity contribution in [1.29, 1.82) is 0 Å². The Morgan fingerprint density at radius 2 is 2.22 bits per heavy atom. The van der Waals surface area contributed by atoms with Gasteiger partial charge in [-0.1, -0.05) is 0 Å². The van der Waals surface area contributed by atoms with Gasteiger partial charge in [0, 0.05) is 23.3 Å². The molecule has 1 saturated heterocycles. The molecule has 0 aromatic heterocycles. The monoisotopic (exact) mass is 264 g/mol. The number of nitrogens with one attached hydrogen (secondary N) is 2. The molecule has 2 rings (SSSR count). The summed E-state index contributed by atoms with van der Waals surface area (Å²) in [5.41, 5.74) is 0.867. The van der Waals surface area contributed by atoms with Crippen LogP contribution in [0.1, 0.15) is 19.8 Å². The fourth-order valence-corrected chi connectivity index (χ4v) is 3.16. The molecule has 18 heavy (non-hydrogen) atoms. The van der Waals surface area contributed by atoms with E-state index in [4.69, 9.17) is 0 Å². The van der Waals surface area contributed by atoms with Crippen LogP contribution in [0, 0.1) is 5.92 Å². The molecular formula is C14H20N2OS. The average Bonchev–Trinajstić information content (AvgIpc) is 2.38. The van der Waals surface area contributed by atoms with Crippen LogP contribution in [0.5, 0.6) is 0 Å². The highest BCUT2D eigenvalue weighted by Gasteiger charge is 2.12. The Kier molecular flexibility index (Phi) is 5.08.